The molecule has 0 aliphatic rings. The normalized spacial score (nSPS) is 11.0. The largest absolute Gasteiger partial charge is 0.508 e. The molecule has 0 radical (unpaired) electrons. The van der Waals surface area contributed by atoms with Gasteiger partial charge in [0.15, 0.2) is 0 Å². The van der Waals surface area contributed by atoms with E-state index in [-0.39, 0.29) is 28.4 Å². The molecule has 0 unspecified atom stereocenters. The van der Waals surface area contributed by atoms with Crippen LogP contribution in [0.15, 0.2) is 51.9 Å². The molecule has 0 fully saturated rings. The standard InChI is InChI=1S/C16H10BClN4O4/c18-10-2-3-12-9(5-10)6-11(15(23)20-12)16-21-14(22-26-16)8-1-4-13(17(24)25)19-7-8/h1-7,24-25H,(H,20,23). The number of nitrogens with one attached hydrogen (secondary N) is 1. The summed E-state index contributed by atoms with van der Waals surface area (Å²) in [7, 11) is -1.66. The second-order valence-electron chi connectivity index (χ2n) is 5.51. The van der Waals surface area contributed by atoms with E-state index in [1.54, 1.807) is 30.3 Å². The Hall–Kier alpha value is -3.01. The Morgan fingerprint density at radius 2 is 2.00 bits per heavy atom. The van der Waals surface area contributed by atoms with Crippen molar-refractivity contribution in [1.82, 2.24) is 20.1 Å². The second-order valence-corrected chi connectivity index (χ2v) is 5.95. The zero-order valence-corrected chi connectivity index (χ0v) is 13.8. The van der Waals surface area contributed by atoms with Crippen LogP contribution in [-0.4, -0.2) is 37.3 Å². The number of aromatic nitrogens is 4. The molecular formula is C16H10BClN4O4. The van der Waals surface area contributed by atoms with Crippen LogP contribution in [0.2, 0.25) is 5.02 Å². The van der Waals surface area contributed by atoms with E-state index < -0.39 is 7.12 Å². The fourth-order valence-corrected chi connectivity index (χ4v) is 2.66. The van der Waals surface area contributed by atoms with Gasteiger partial charge in [0.05, 0.1) is 5.59 Å². The SMILES string of the molecule is O=c1[nH]c2ccc(Cl)cc2cc1-c1nc(-c2ccc(B(O)O)nc2)no1. The van der Waals surface area contributed by atoms with Gasteiger partial charge in [-0.1, -0.05) is 16.8 Å². The average Bonchev–Trinajstić information content (AvgIpc) is 3.11. The first kappa shape index (κ1) is 16.5. The van der Waals surface area contributed by atoms with Gasteiger partial charge in [-0.3, -0.25) is 9.78 Å². The highest BCUT2D eigenvalue weighted by atomic mass is 35.5. The van der Waals surface area contributed by atoms with Gasteiger partial charge in [-0.25, -0.2) is 0 Å². The predicted octanol–water partition coefficient (Wildman–Crippen LogP) is 0.973. The minimum atomic E-state index is -1.66. The van der Waals surface area contributed by atoms with Gasteiger partial charge in [-0.15, -0.1) is 0 Å². The Morgan fingerprint density at radius 1 is 1.15 bits per heavy atom. The van der Waals surface area contributed by atoms with E-state index in [4.69, 9.17) is 26.2 Å². The van der Waals surface area contributed by atoms with E-state index >= 15 is 0 Å². The number of hydrogen-bond donors (Lipinski definition) is 3. The Balaban J connectivity index is 1.75. The molecule has 0 amide bonds. The van der Waals surface area contributed by atoms with Crippen molar-refractivity contribution >= 4 is 35.2 Å². The molecule has 0 saturated carbocycles. The van der Waals surface area contributed by atoms with E-state index in [9.17, 15) is 4.79 Å². The summed E-state index contributed by atoms with van der Waals surface area (Å²) >= 11 is 5.99. The Labute approximate surface area is 151 Å². The van der Waals surface area contributed by atoms with Crippen LogP contribution < -0.4 is 11.2 Å². The first-order valence-electron chi connectivity index (χ1n) is 7.50. The highest BCUT2D eigenvalue weighted by molar-refractivity contribution is 6.57. The maximum Gasteiger partial charge on any atom is 0.508 e. The van der Waals surface area contributed by atoms with Gasteiger partial charge in [0.25, 0.3) is 11.4 Å². The highest BCUT2D eigenvalue weighted by Crippen LogP contribution is 2.23. The third-order valence-electron chi connectivity index (χ3n) is 3.77. The summed E-state index contributed by atoms with van der Waals surface area (Å²) in [6.07, 6.45) is 1.38. The lowest BCUT2D eigenvalue weighted by Crippen LogP contribution is -2.32. The molecule has 0 aliphatic heterocycles. The molecule has 0 bridgehead atoms. The molecule has 4 aromatic rings. The zero-order valence-electron chi connectivity index (χ0n) is 13.0. The molecule has 0 atom stereocenters. The van der Waals surface area contributed by atoms with Crippen molar-refractivity contribution < 1.29 is 14.6 Å². The predicted molar refractivity (Wildman–Crippen MR) is 95.9 cm³/mol. The number of rotatable bonds is 3. The van der Waals surface area contributed by atoms with Gasteiger partial charge in [0.1, 0.15) is 5.56 Å². The van der Waals surface area contributed by atoms with Crippen molar-refractivity contribution in [3.8, 4) is 22.8 Å². The third-order valence-corrected chi connectivity index (χ3v) is 4.01. The van der Waals surface area contributed by atoms with Gasteiger partial charge in [0, 0.05) is 27.7 Å². The maximum absolute atomic E-state index is 12.3. The number of aromatic amines is 1. The van der Waals surface area contributed by atoms with Crippen molar-refractivity contribution in [2.24, 2.45) is 0 Å². The number of nitrogens with zero attached hydrogens (tertiary/aromatic N) is 3. The number of pyridine rings is 2. The van der Waals surface area contributed by atoms with E-state index in [0.29, 0.717) is 16.1 Å². The van der Waals surface area contributed by atoms with Crippen LogP contribution in [0.4, 0.5) is 0 Å². The number of benzene rings is 1. The number of halogens is 1. The molecule has 3 N–H and O–H groups in total. The molecule has 1 aromatic carbocycles. The fourth-order valence-electron chi connectivity index (χ4n) is 2.48. The van der Waals surface area contributed by atoms with Crippen molar-refractivity contribution in [3.05, 3.63) is 58.0 Å². The summed E-state index contributed by atoms with van der Waals surface area (Å²) in [5.74, 6) is 0.270. The van der Waals surface area contributed by atoms with Crippen molar-refractivity contribution in [2.75, 3.05) is 0 Å². The minimum Gasteiger partial charge on any atom is -0.422 e. The molecule has 3 heterocycles. The summed E-state index contributed by atoms with van der Waals surface area (Å²) in [5.41, 5.74) is 1.09. The number of H-pyrrole nitrogens is 1. The first-order valence-corrected chi connectivity index (χ1v) is 7.88. The van der Waals surface area contributed by atoms with Gasteiger partial charge in [0.2, 0.25) is 5.82 Å². The van der Waals surface area contributed by atoms with Crippen molar-refractivity contribution in [2.45, 2.75) is 0 Å². The van der Waals surface area contributed by atoms with Crippen LogP contribution in [0, 0.1) is 0 Å². The van der Waals surface area contributed by atoms with E-state index in [1.807, 2.05) is 0 Å². The van der Waals surface area contributed by atoms with Crippen LogP contribution in [0.1, 0.15) is 0 Å². The molecule has 0 aliphatic carbocycles. The van der Waals surface area contributed by atoms with Crippen LogP contribution in [0.25, 0.3) is 33.7 Å². The summed E-state index contributed by atoms with van der Waals surface area (Å²) in [5, 5.41) is 23.3. The molecule has 8 nitrogen and oxygen atoms in total. The summed E-state index contributed by atoms with van der Waals surface area (Å²) in [4.78, 5) is 23.2. The summed E-state index contributed by atoms with van der Waals surface area (Å²) < 4.78 is 5.20. The molecule has 26 heavy (non-hydrogen) atoms. The van der Waals surface area contributed by atoms with E-state index in [1.165, 1.54) is 12.3 Å². The molecule has 10 heteroatoms. The van der Waals surface area contributed by atoms with Crippen LogP contribution >= 0.6 is 11.6 Å². The lowest BCUT2D eigenvalue weighted by Gasteiger charge is -2.00. The topological polar surface area (TPSA) is 125 Å². The molecule has 3 aromatic heterocycles. The van der Waals surface area contributed by atoms with Gasteiger partial charge >= 0.3 is 7.12 Å². The van der Waals surface area contributed by atoms with Crippen molar-refractivity contribution in [3.63, 3.8) is 0 Å². The smallest absolute Gasteiger partial charge is 0.422 e. The molecular weight excluding hydrogens is 358 g/mol. The number of hydrogen-bond acceptors (Lipinski definition) is 7. The molecule has 0 saturated heterocycles. The first-order chi connectivity index (χ1) is 12.5. The highest BCUT2D eigenvalue weighted by Gasteiger charge is 2.17. The lowest BCUT2D eigenvalue weighted by molar-refractivity contribution is 0.424. The zero-order chi connectivity index (χ0) is 18.3. The maximum atomic E-state index is 12.3. The van der Waals surface area contributed by atoms with E-state index in [0.717, 1.165) is 5.39 Å². The third kappa shape index (κ3) is 2.99. The summed E-state index contributed by atoms with van der Waals surface area (Å²) in [6.45, 7) is 0. The van der Waals surface area contributed by atoms with Crippen LogP contribution in [0.3, 0.4) is 0 Å². The monoisotopic (exact) mass is 368 g/mol. The van der Waals surface area contributed by atoms with Gasteiger partial charge in [-0.05, 0) is 36.4 Å². The van der Waals surface area contributed by atoms with Crippen LogP contribution in [-0.2, 0) is 0 Å². The Kier molecular flexibility index (Phi) is 4.04. The summed E-state index contributed by atoms with van der Waals surface area (Å²) in [6, 6.07) is 9.74. The Morgan fingerprint density at radius 3 is 2.73 bits per heavy atom. The van der Waals surface area contributed by atoms with Crippen molar-refractivity contribution in [1.29, 1.82) is 0 Å². The average molecular weight is 369 g/mol. The Bertz CT molecular complexity index is 1160. The van der Waals surface area contributed by atoms with Gasteiger partial charge < -0.3 is 19.6 Å². The number of fused-ring (bicyclic) bond motifs is 1. The van der Waals surface area contributed by atoms with E-state index in [2.05, 4.69) is 20.1 Å². The lowest BCUT2D eigenvalue weighted by atomic mass is 9.85. The molecule has 4 rings (SSSR count). The van der Waals surface area contributed by atoms with Gasteiger partial charge in [-0.2, -0.15) is 4.98 Å². The molecule has 0 spiro atoms. The minimum absolute atomic E-state index is 0.0504. The molecule has 128 valence electrons. The van der Waals surface area contributed by atoms with Crippen LogP contribution in [0.5, 0.6) is 0 Å². The second kappa shape index (κ2) is 6.38. The fraction of sp³-hybridized carbons (Fsp3) is 0. The quantitative estimate of drug-likeness (QED) is 0.460.